The normalized spacial score (nSPS) is 10.2. The fraction of sp³-hybridized carbons (Fsp3) is 0.333. The number of rotatable bonds is 11. The van der Waals surface area contributed by atoms with Crippen molar-refractivity contribution in [1.82, 2.24) is 5.32 Å². The molecule has 2 aromatic rings. The molecule has 7 heteroatoms. The number of carbonyl (C=O) groups excluding carboxylic acids is 2. The van der Waals surface area contributed by atoms with Crippen molar-refractivity contribution in [3.05, 3.63) is 54.1 Å². The lowest BCUT2D eigenvalue weighted by molar-refractivity contribution is -0.124. The maximum absolute atomic E-state index is 12.2. The highest BCUT2D eigenvalue weighted by Crippen LogP contribution is 2.22. The Morgan fingerprint density at radius 3 is 2.32 bits per heavy atom. The molecule has 0 aromatic heterocycles. The molecule has 150 valence electrons. The minimum absolute atomic E-state index is 0.309. The minimum atomic E-state index is -0.502. The molecule has 1 N–H and O–H groups in total. The van der Waals surface area contributed by atoms with Crippen molar-refractivity contribution in [2.75, 3.05) is 32.1 Å². The second-order valence-electron chi connectivity index (χ2n) is 5.61. The second kappa shape index (κ2) is 11.9. The van der Waals surface area contributed by atoms with E-state index in [1.165, 1.54) is 0 Å². The number of carbonyl (C=O) groups is 2. The molecule has 0 atom stereocenters. The van der Waals surface area contributed by atoms with Gasteiger partial charge in [-0.1, -0.05) is 19.1 Å². The number of hydrogen-bond acceptors (Lipinski definition) is 6. The van der Waals surface area contributed by atoms with E-state index in [9.17, 15) is 9.59 Å². The van der Waals surface area contributed by atoms with Crippen LogP contribution in [0.25, 0.3) is 0 Å². The van der Waals surface area contributed by atoms with E-state index in [0.717, 1.165) is 16.4 Å². The number of hydrogen-bond donors (Lipinski definition) is 1. The smallest absolute Gasteiger partial charge is 0.339 e. The van der Waals surface area contributed by atoms with E-state index in [0.29, 0.717) is 31.1 Å². The van der Waals surface area contributed by atoms with E-state index < -0.39 is 5.97 Å². The van der Waals surface area contributed by atoms with Gasteiger partial charge in [-0.3, -0.25) is 4.79 Å². The van der Waals surface area contributed by atoms with Crippen molar-refractivity contribution < 1.29 is 23.8 Å². The molecular weight excluding hydrogens is 378 g/mol. The Hall–Kier alpha value is -2.67. The lowest BCUT2D eigenvalue weighted by Gasteiger charge is -2.10. The van der Waals surface area contributed by atoms with Gasteiger partial charge in [0.2, 0.25) is 0 Å². The van der Waals surface area contributed by atoms with Crippen LogP contribution in [-0.2, 0) is 9.53 Å². The van der Waals surface area contributed by atoms with E-state index in [4.69, 9.17) is 14.2 Å². The number of nitrogens with one attached hydrogen (secondary N) is 1. The van der Waals surface area contributed by atoms with Gasteiger partial charge < -0.3 is 19.5 Å². The van der Waals surface area contributed by atoms with Crippen LogP contribution in [0.15, 0.2) is 53.4 Å². The Balaban J connectivity index is 1.68. The van der Waals surface area contributed by atoms with Crippen LogP contribution in [0, 0.1) is 0 Å². The summed E-state index contributed by atoms with van der Waals surface area (Å²) in [5.74, 6) is 1.44. The van der Waals surface area contributed by atoms with Crippen molar-refractivity contribution in [3.63, 3.8) is 0 Å². The summed E-state index contributed by atoms with van der Waals surface area (Å²) in [5, 5.41) is 2.66. The molecule has 0 heterocycles. The molecule has 0 aliphatic rings. The fourth-order valence-electron chi connectivity index (χ4n) is 2.33. The summed E-state index contributed by atoms with van der Waals surface area (Å²) < 4.78 is 16.0. The Morgan fingerprint density at radius 1 is 0.964 bits per heavy atom. The third-order valence-corrected chi connectivity index (χ3v) is 4.52. The van der Waals surface area contributed by atoms with Crippen molar-refractivity contribution >= 4 is 23.6 Å². The third kappa shape index (κ3) is 7.15. The first kappa shape index (κ1) is 21.6. The Morgan fingerprint density at radius 2 is 1.64 bits per heavy atom. The molecule has 2 aromatic carbocycles. The first-order valence-electron chi connectivity index (χ1n) is 9.15. The predicted octanol–water partition coefficient (Wildman–Crippen LogP) is 3.55. The largest absolute Gasteiger partial charge is 0.494 e. The predicted molar refractivity (Wildman–Crippen MR) is 109 cm³/mol. The number of benzene rings is 2. The van der Waals surface area contributed by atoms with Gasteiger partial charge in [-0.05, 0) is 49.1 Å². The molecule has 0 aliphatic heterocycles. The van der Waals surface area contributed by atoms with Crippen LogP contribution in [-0.4, -0.2) is 44.0 Å². The fourth-order valence-corrected chi connectivity index (χ4v) is 3.13. The van der Waals surface area contributed by atoms with Crippen molar-refractivity contribution in [1.29, 1.82) is 0 Å². The topological polar surface area (TPSA) is 73.9 Å². The number of esters is 1. The summed E-state index contributed by atoms with van der Waals surface area (Å²) in [4.78, 5) is 24.9. The molecule has 0 radical (unpaired) electrons. The Kier molecular flexibility index (Phi) is 9.21. The SMILES string of the molecule is CCOc1ccc(OCCNC(=O)COC(=O)c2ccccc2SCC)cc1. The summed E-state index contributed by atoms with van der Waals surface area (Å²) in [5.41, 5.74) is 0.473. The average molecular weight is 404 g/mol. The van der Waals surface area contributed by atoms with Crippen LogP contribution in [0.2, 0.25) is 0 Å². The summed E-state index contributed by atoms with van der Waals surface area (Å²) in [7, 11) is 0. The summed E-state index contributed by atoms with van der Waals surface area (Å²) in [6.07, 6.45) is 0. The van der Waals surface area contributed by atoms with E-state index in [1.54, 1.807) is 36.0 Å². The Bertz CT molecular complexity index is 764. The summed E-state index contributed by atoms with van der Waals surface area (Å²) in [6.45, 7) is 4.84. The zero-order chi connectivity index (χ0) is 20.2. The third-order valence-electron chi connectivity index (χ3n) is 3.57. The van der Waals surface area contributed by atoms with Crippen LogP contribution < -0.4 is 14.8 Å². The highest BCUT2D eigenvalue weighted by Gasteiger charge is 2.14. The molecule has 0 bridgehead atoms. The molecule has 0 saturated heterocycles. The van der Waals surface area contributed by atoms with Gasteiger partial charge in [0.15, 0.2) is 6.61 Å². The van der Waals surface area contributed by atoms with Gasteiger partial charge in [0.25, 0.3) is 5.91 Å². The lowest BCUT2D eigenvalue weighted by atomic mass is 10.2. The number of amides is 1. The second-order valence-corrected chi connectivity index (χ2v) is 6.91. The van der Waals surface area contributed by atoms with E-state index >= 15 is 0 Å². The zero-order valence-corrected chi connectivity index (χ0v) is 16.9. The highest BCUT2D eigenvalue weighted by molar-refractivity contribution is 7.99. The van der Waals surface area contributed by atoms with Gasteiger partial charge >= 0.3 is 5.97 Å². The van der Waals surface area contributed by atoms with Gasteiger partial charge in [-0.2, -0.15) is 0 Å². The first-order valence-corrected chi connectivity index (χ1v) is 10.1. The zero-order valence-electron chi connectivity index (χ0n) is 16.1. The van der Waals surface area contributed by atoms with Gasteiger partial charge in [0.1, 0.15) is 18.1 Å². The molecular formula is C21H25NO5S. The van der Waals surface area contributed by atoms with Crippen LogP contribution in [0.4, 0.5) is 0 Å². The van der Waals surface area contributed by atoms with E-state index in [2.05, 4.69) is 5.32 Å². The molecule has 2 rings (SSSR count). The minimum Gasteiger partial charge on any atom is -0.494 e. The van der Waals surface area contributed by atoms with Gasteiger partial charge in [-0.15, -0.1) is 11.8 Å². The molecule has 0 spiro atoms. The standard InChI is InChI=1S/C21H25NO5S/c1-3-25-16-9-11-17(12-10-16)26-14-13-22-20(23)15-27-21(24)18-7-5-6-8-19(18)28-4-2/h5-12H,3-4,13-15H2,1-2H3,(H,22,23). The maximum Gasteiger partial charge on any atom is 0.339 e. The summed E-state index contributed by atoms with van der Waals surface area (Å²) >= 11 is 1.56. The summed E-state index contributed by atoms with van der Waals surface area (Å²) in [6, 6.07) is 14.5. The average Bonchev–Trinajstić information content (AvgIpc) is 2.71. The van der Waals surface area contributed by atoms with E-state index in [1.807, 2.05) is 38.1 Å². The molecule has 6 nitrogen and oxygen atoms in total. The van der Waals surface area contributed by atoms with Crippen LogP contribution in [0.3, 0.4) is 0 Å². The van der Waals surface area contributed by atoms with Gasteiger partial charge in [0, 0.05) is 4.90 Å². The van der Waals surface area contributed by atoms with Crippen LogP contribution in [0.5, 0.6) is 11.5 Å². The van der Waals surface area contributed by atoms with E-state index in [-0.39, 0.29) is 12.5 Å². The maximum atomic E-state index is 12.2. The van der Waals surface area contributed by atoms with Crippen LogP contribution >= 0.6 is 11.8 Å². The molecule has 0 saturated carbocycles. The van der Waals surface area contributed by atoms with Crippen LogP contribution in [0.1, 0.15) is 24.2 Å². The first-order chi connectivity index (χ1) is 13.6. The van der Waals surface area contributed by atoms with Gasteiger partial charge in [0.05, 0.1) is 18.7 Å². The number of thioether (sulfide) groups is 1. The monoisotopic (exact) mass is 403 g/mol. The lowest BCUT2D eigenvalue weighted by Crippen LogP contribution is -2.32. The van der Waals surface area contributed by atoms with Gasteiger partial charge in [-0.25, -0.2) is 4.79 Å². The highest BCUT2D eigenvalue weighted by atomic mass is 32.2. The quantitative estimate of drug-likeness (QED) is 0.351. The molecule has 0 unspecified atom stereocenters. The Labute approximate surface area is 169 Å². The molecule has 1 amide bonds. The van der Waals surface area contributed by atoms with Crippen molar-refractivity contribution in [2.45, 2.75) is 18.7 Å². The van der Waals surface area contributed by atoms with Crippen molar-refractivity contribution in [2.24, 2.45) is 0 Å². The molecule has 0 aliphatic carbocycles. The number of ether oxygens (including phenoxy) is 3. The van der Waals surface area contributed by atoms with Crippen molar-refractivity contribution in [3.8, 4) is 11.5 Å². The molecule has 0 fully saturated rings. The molecule has 28 heavy (non-hydrogen) atoms.